The van der Waals surface area contributed by atoms with Crippen molar-refractivity contribution >= 4 is 17.2 Å². The summed E-state index contributed by atoms with van der Waals surface area (Å²) in [4.78, 5) is 19.5. The molecule has 23 heavy (non-hydrogen) atoms. The Bertz CT molecular complexity index is 722. The first-order valence-electron chi connectivity index (χ1n) is 7.80. The molecule has 2 aromatic rings. The van der Waals surface area contributed by atoms with Crippen LogP contribution in [-0.2, 0) is 7.05 Å². The average Bonchev–Trinajstić information content (AvgIpc) is 3.09. The molecule has 1 unspecified atom stereocenters. The number of hydrogen-bond acceptors (Lipinski definition) is 5. The number of amides is 1. The summed E-state index contributed by atoms with van der Waals surface area (Å²) in [7, 11) is 3.37. The number of likely N-dealkylation sites (tertiary alicyclic amines) is 1. The Labute approximate surface area is 140 Å². The first-order chi connectivity index (χ1) is 11.0. The third kappa shape index (κ3) is 2.97. The molecular formula is C16H22N4O2S. The maximum absolute atomic E-state index is 13.0. The number of aromatic nitrogens is 3. The molecule has 0 saturated carbocycles. The second-order valence-corrected chi connectivity index (χ2v) is 6.90. The highest BCUT2D eigenvalue weighted by atomic mass is 32.1. The summed E-state index contributed by atoms with van der Waals surface area (Å²) < 4.78 is 6.99. The van der Waals surface area contributed by atoms with Gasteiger partial charge in [-0.15, -0.1) is 11.3 Å². The third-order valence-electron chi connectivity index (χ3n) is 4.27. The highest BCUT2D eigenvalue weighted by Gasteiger charge is 2.31. The van der Waals surface area contributed by atoms with E-state index >= 15 is 0 Å². The molecule has 124 valence electrons. The van der Waals surface area contributed by atoms with E-state index in [0.717, 1.165) is 30.1 Å². The summed E-state index contributed by atoms with van der Waals surface area (Å²) in [6.07, 6.45) is 2.08. The van der Waals surface area contributed by atoms with Gasteiger partial charge in [-0.05, 0) is 26.7 Å². The SMILES string of the molecule is COc1c(C(=O)N2CCCC(c3nc(C)cs3)C2)c(C)nn1C. The van der Waals surface area contributed by atoms with Crippen LogP contribution < -0.4 is 4.74 Å². The molecule has 7 heteroatoms. The molecule has 6 nitrogen and oxygen atoms in total. The minimum atomic E-state index is 0.00503. The van der Waals surface area contributed by atoms with E-state index in [0.29, 0.717) is 29.6 Å². The van der Waals surface area contributed by atoms with Crippen molar-refractivity contribution in [2.75, 3.05) is 20.2 Å². The quantitative estimate of drug-likeness (QED) is 0.865. The number of piperidine rings is 1. The number of rotatable bonds is 3. The molecule has 0 radical (unpaired) electrons. The number of aryl methyl sites for hydroxylation is 3. The van der Waals surface area contributed by atoms with Gasteiger partial charge in [-0.3, -0.25) is 4.79 Å². The van der Waals surface area contributed by atoms with Crippen molar-refractivity contribution in [2.24, 2.45) is 7.05 Å². The van der Waals surface area contributed by atoms with Crippen molar-refractivity contribution in [1.82, 2.24) is 19.7 Å². The Morgan fingerprint density at radius 3 is 2.87 bits per heavy atom. The standard InChI is InChI=1S/C16H22N4O2S/c1-10-9-23-14(17-10)12-6-5-7-20(8-12)15(21)13-11(2)18-19(3)16(13)22-4/h9,12H,5-8H2,1-4H3. The molecule has 2 aromatic heterocycles. The molecule has 1 aliphatic heterocycles. The van der Waals surface area contributed by atoms with Gasteiger partial charge in [-0.2, -0.15) is 5.10 Å². The average molecular weight is 334 g/mol. The number of thiazole rings is 1. The molecule has 1 saturated heterocycles. The Hall–Kier alpha value is -1.89. The molecule has 3 rings (SSSR count). The summed E-state index contributed by atoms with van der Waals surface area (Å²) in [6.45, 7) is 5.34. The molecule has 0 aromatic carbocycles. The molecule has 1 amide bonds. The van der Waals surface area contributed by atoms with E-state index in [1.165, 1.54) is 0 Å². The maximum atomic E-state index is 13.0. The minimum absolute atomic E-state index is 0.00503. The van der Waals surface area contributed by atoms with Crippen LogP contribution in [0, 0.1) is 13.8 Å². The lowest BCUT2D eigenvalue weighted by atomic mass is 9.98. The Kier molecular flexibility index (Phi) is 4.39. The van der Waals surface area contributed by atoms with E-state index in [4.69, 9.17) is 4.74 Å². The molecule has 1 aliphatic rings. The lowest BCUT2D eigenvalue weighted by molar-refractivity contribution is 0.0702. The molecule has 0 spiro atoms. The predicted octanol–water partition coefficient (Wildman–Crippen LogP) is 2.52. The van der Waals surface area contributed by atoms with Crippen molar-refractivity contribution < 1.29 is 9.53 Å². The van der Waals surface area contributed by atoms with Crippen LogP contribution in [0.5, 0.6) is 5.88 Å². The normalized spacial score (nSPS) is 18.3. The van der Waals surface area contributed by atoms with Gasteiger partial charge in [0.05, 0.1) is 17.8 Å². The van der Waals surface area contributed by atoms with Gasteiger partial charge in [0.2, 0.25) is 5.88 Å². The van der Waals surface area contributed by atoms with Crippen molar-refractivity contribution in [3.63, 3.8) is 0 Å². The fourth-order valence-corrected chi connectivity index (χ4v) is 4.12. The predicted molar refractivity (Wildman–Crippen MR) is 89.2 cm³/mol. The Morgan fingerprint density at radius 2 is 2.22 bits per heavy atom. The molecule has 1 atom stereocenters. The largest absolute Gasteiger partial charge is 0.481 e. The van der Waals surface area contributed by atoms with E-state index in [1.54, 1.807) is 30.2 Å². The van der Waals surface area contributed by atoms with Crippen molar-refractivity contribution in [2.45, 2.75) is 32.6 Å². The lowest BCUT2D eigenvalue weighted by Crippen LogP contribution is -2.39. The van der Waals surface area contributed by atoms with Crippen LogP contribution in [0.25, 0.3) is 0 Å². The first kappa shape index (κ1) is 16.0. The van der Waals surface area contributed by atoms with Gasteiger partial charge in [0.25, 0.3) is 5.91 Å². The van der Waals surface area contributed by atoms with E-state index in [2.05, 4.69) is 15.5 Å². The molecule has 0 bridgehead atoms. The minimum Gasteiger partial charge on any atom is -0.481 e. The van der Waals surface area contributed by atoms with Gasteiger partial charge in [0, 0.05) is 37.1 Å². The topological polar surface area (TPSA) is 60.2 Å². The Balaban J connectivity index is 1.82. The number of nitrogens with zero attached hydrogens (tertiary/aromatic N) is 4. The van der Waals surface area contributed by atoms with Gasteiger partial charge in [-0.1, -0.05) is 0 Å². The van der Waals surface area contributed by atoms with Crippen molar-refractivity contribution in [1.29, 1.82) is 0 Å². The van der Waals surface area contributed by atoms with Gasteiger partial charge >= 0.3 is 0 Å². The summed E-state index contributed by atoms with van der Waals surface area (Å²) in [5, 5.41) is 7.52. The molecular weight excluding hydrogens is 312 g/mol. The second kappa shape index (κ2) is 6.31. The van der Waals surface area contributed by atoms with Crippen molar-refractivity contribution in [3.8, 4) is 5.88 Å². The van der Waals surface area contributed by atoms with Gasteiger partial charge in [0.1, 0.15) is 5.56 Å². The van der Waals surface area contributed by atoms with E-state index in [1.807, 2.05) is 18.7 Å². The third-order valence-corrected chi connectivity index (χ3v) is 5.40. The van der Waals surface area contributed by atoms with Crippen LogP contribution in [-0.4, -0.2) is 45.8 Å². The zero-order valence-corrected chi connectivity index (χ0v) is 14.8. The van der Waals surface area contributed by atoms with Crippen LogP contribution in [0.3, 0.4) is 0 Å². The van der Waals surface area contributed by atoms with Gasteiger partial charge < -0.3 is 9.64 Å². The number of hydrogen-bond donors (Lipinski definition) is 0. The van der Waals surface area contributed by atoms with E-state index in [9.17, 15) is 4.79 Å². The fourth-order valence-electron chi connectivity index (χ4n) is 3.20. The van der Waals surface area contributed by atoms with E-state index in [-0.39, 0.29) is 5.91 Å². The molecule has 1 fully saturated rings. The zero-order chi connectivity index (χ0) is 16.6. The summed E-state index contributed by atoms with van der Waals surface area (Å²) in [5.74, 6) is 0.861. The number of carbonyl (C=O) groups is 1. The number of methoxy groups -OCH3 is 1. The Morgan fingerprint density at radius 1 is 1.43 bits per heavy atom. The van der Waals surface area contributed by atoms with Crippen molar-refractivity contribution in [3.05, 3.63) is 27.3 Å². The zero-order valence-electron chi connectivity index (χ0n) is 14.0. The van der Waals surface area contributed by atoms with Gasteiger partial charge in [0.15, 0.2) is 0 Å². The van der Waals surface area contributed by atoms with E-state index < -0.39 is 0 Å². The lowest BCUT2D eigenvalue weighted by Gasteiger charge is -2.31. The highest BCUT2D eigenvalue weighted by Crippen LogP contribution is 2.31. The maximum Gasteiger partial charge on any atom is 0.261 e. The number of carbonyl (C=O) groups excluding carboxylic acids is 1. The van der Waals surface area contributed by atoms with Crippen LogP contribution in [0.4, 0.5) is 0 Å². The summed E-state index contributed by atoms with van der Waals surface area (Å²) >= 11 is 1.69. The fraction of sp³-hybridized carbons (Fsp3) is 0.562. The number of ether oxygens (including phenoxy) is 1. The monoisotopic (exact) mass is 334 g/mol. The van der Waals surface area contributed by atoms with Crippen LogP contribution in [0.15, 0.2) is 5.38 Å². The van der Waals surface area contributed by atoms with Crippen LogP contribution >= 0.6 is 11.3 Å². The highest BCUT2D eigenvalue weighted by molar-refractivity contribution is 7.09. The summed E-state index contributed by atoms with van der Waals surface area (Å²) in [5.41, 5.74) is 2.34. The van der Waals surface area contributed by atoms with Crippen LogP contribution in [0.1, 0.15) is 45.5 Å². The molecule has 3 heterocycles. The van der Waals surface area contributed by atoms with Gasteiger partial charge in [-0.25, -0.2) is 9.67 Å². The smallest absolute Gasteiger partial charge is 0.261 e. The molecule has 0 N–H and O–H groups in total. The first-order valence-corrected chi connectivity index (χ1v) is 8.68. The second-order valence-electron chi connectivity index (χ2n) is 6.01. The summed E-state index contributed by atoms with van der Waals surface area (Å²) in [6, 6.07) is 0. The van der Waals surface area contributed by atoms with Crippen LogP contribution in [0.2, 0.25) is 0 Å². The molecule has 0 aliphatic carbocycles.